The molecule has 0 aromatic heterocycles. The SMILES string of the molecule is CN(CC1CCCC1)S(=O)(=O)c1ccc2c(c1)NCC2. The summed E-state index contributed by atoms with van der Waals surface area (Å²) in [5.41, 5.74) is 2.18. The van der Waals surface area contributed by atoms with Crippen LogP contribution in [-0.2, 0) is 16.4 Å². The van der Waals surface area contributed by atoms with Crippen LogP contribution in [0, 0.1) is 5.92 Å². The Bertz CT molecular complexity index is 592. The van der Waals surface area contributed by atoms with Crippen molar-refractivity contribution in [3.05, 3.63) is 23.8 Å². The first-order chi connectivity index (χ1) is 9.57. The van der Waals surface area contributed by atoms with Gasteiger partial charge in [-0.3, -0.25) is 0 Å². The quantitative estimate of drug-likeness (QED) is 0.928. The van der Waals surface area contributed by atoms with Crippen molar-refractivity contribution in [2.75, 3.05) is 25.5 Å². The summed E-state index contributed by atoms with van der Waals surface area (Å²) in [5.74, 6) is 0.530. The molecule has 1 aromatic carbocycles. The Morgan fingerprint density at radius 1 is 1.30 bits per heavy atom. The molecule has 2 aliphatic rings. The molecule has 1 N–H and O–H groups in total. The van der Waals surface area contributed by atoms with E-state index in [-0.39, 0.29) is 0 Å². The van der Waals surface area contributed by atoms with E-state index in [2.05, 4.69) is 5.32 Å². The highest BCUT2D eigenvalue weighted by Crippen LogP contribution is 2.29. The minimum Gasteiger partial charge on any atom is -0.384 e. The number of fused-ring (bicyclic) bond motifs is 1. The summed E-state index contributed by atoms with van der Waals surface area (Å²) >= 11 is 0. The van der Waals surface area contributed by atoms with Crippen LogP contribution in [-0.4, -0.2) is 32.9 Å². The third-order valence-electron chi connectivity index (χ3n) is 4.49. The highest BCUT2D eigenvalue weighted by atomic mass is 32.2. The summed E-state index contributed by atoms with van der Waals surface area (Å²) in [5, 5.41) is 3.24. The molecule has 0 unspecified atom stereocenters. The molecule has 1 fully saturated rings. The van der Waals surface area contributed by atoms with E-state index in [0.717, 1.165) is 31.5 Å². The van der Waals surface area contributed by atoms with Crippen LogP contribution in [0.5, 0.6) is 0 Å². The Hall–Kier alpha value is -1.07. The van der Waals surface area contributed by atoms with Crippen molar-refractivity contribution in [3.8, 4) is 0 Å². The Kier molecular flexibility index (Phi) is 3.73. The van der Waals surface area contributed by atoms with Crippen LogP contribution in [0.3, 0.4) is 0 Å². The minimum absolute atomic E-state index is 0.408. The van der Waals surface area contributed by atoms with Gasteiger partial charge in [-0.2, -0.15) is 0 Å². The van der Waals surface area contributed by atoms with Crippen LogP contribution in [0.25, 0.3) is 0 Å². The van der Waals surface area contributed by atoms with Crippen molar-refractivity contribution in [2.24, 2.45) is 5.92 Å². The monoisotopic (exact) mass is 294 g/mol. The molecule has 1 aliphatic carbocycles. The molecule has 110 valence electrons. The standard InChI is InChI=1S/C15H22N2O2S/c1-17(11-12-4-2-3-5-12)20(18,19)14-7-6-13-8-9-16-15(13)10-14/h6-7,10,12,16H,2-5,8-9,11H2,1H3. The number of anilines is 1. The summed E-state index contributed by atoms with van der Waals surface area (Å²) in [4.78, 5) is 0.408. The summed E-state index contributed by atoms with van der Waals surface area (Å²) < 4.78 is 26.8. The van der Waals surface area contributed by atoms with Crippen LogP contribution < -0.4 is 5.32 Å². The summed E-state index contributed by atoms with van der Waals surface area (Å²) in [6.45, 7) is 1.55. The molecule has 0 spiro atoms. The maximum absolute atomic E-state index is 12.6. The van der Waals surface area contributed by atoms with E-state index < -0.39 is 10.0 Å². The van der Waals surface area contributed by atoms with Gasteiger partial charge < -0.3 is 5.32 Å². The third-order valence-corrected chi connectivity index (χ3v) is 6.31. The van der Waals surface area contributed by atoms with Gasteiger partial charge in [-0.1, -0.05) is 18.9 Å². The lowest BCUT2D eigenvalue weighted by molar-refractivity contribution is 0.387. The molecule has 5 heteroatoms. The highest BCUT2D eigenvalue weighted by molar-refractivity contribution is 7.89. The summed E-state index contributed by atoms with van der Waals surface area (Å²) in [7, 11) is -1.65. The zero-order valence-electron chi connectivity index (χ0n) is 11.9. The maximum atomic E-state index is 12.6. The number of nitrogens with one attached hydrogen (secondary N) is 1. The van der Waals surface area contributed by atoms with Gasteiger partial charge in [-0.15, -0.1) is 0 Å². The van der Waals surface area contributed by atoms with Gasteiger partial charge in [0, 0.05) is 25.8 Å². The van der Waals surface area contributed by atoms with Gasteiger partial charge in [0.1, 0.15) is 0 Å². The van der Waals surface area contributed by atoms with Gasteiger partial charge in [0.25, 0.3) is 0 Å². The lowest BCUT2D eigenvalue weighted by atomic mass is 10.1. The number of benzene rings is 1. The predicted octanol–water partition coefficient (Wildman–Crippen LogP) is 2.47. The third kappa shape index (κ3) is 2.56. The summed E-state index contributed by atoms with van der Waals surface area (Å²) in [6, 6.07) is 5.46. The molecule has 1 aromatic rings. The van der Waals surface area contributed by atoms with E-state index in [1.807, 2.05) is 6.07 Å². The molecular weight excluding hydrogens is 272 g/mol. The average Bonchev–Trinajstić information content (AvgIpc) is 3.07. The van der Waals surface area contributed by atoms with Crippen molar-refractivity contribution in [1.82, 2.24) is 4.31 Å². The first-order valence-corrected chi connectivity index (χ1v) is 8.84. The molecule has 0 atom stereocenters. The summed E-state index contributed by atoms with van der Waals surface area (Å²) in [6.07, 6.45) is 5.77. The van der Waals surface area contributed by atoms with Crippen molar-refractivity contribution in [2.45, 2.75) is 37.0 Å². The van der Waals surface area contributed by atoms with Gasteiger partial charge in [-0.25, -0.2) is 12.7 Å². The van der Waals surface area contributed by atoms with E-state index in [1.165, 1.54) is 22.7 Å². The molecule has 3 rings (SSSR count). The Balaban J connectivity index is 1.79. The van der Waals surface area contributed by atoms with Crippen LogP contribution in [0.1, 0.15) is 31.2 Å². The number of hydrogen-bond acceptors (Lipinski definition) is 3. The fourth-order valence-electron chi connectivity index (χ4n) is 3.27. The van der Waals surface area contributed by atoms with E-state index >= 15 is 0 Å². The lowest BCUT2D eigenvalue weighted by Gasteiger charge is -2.21. The molecule has 20 heavy (non-hydrogen) atoms. The topological polar surface area (TPSA) is 49.4 Å². The van der Waals surface area contributed by atoms with Crippen molar-refractivity contribution >= 4 is 15.7 Å². The van der Waals surface area contributed by atoms with Crippen molar-refractivity contribution < 1.29 is 8.42 Å². The molecule has 0 saturated heterocycles. The molecule has 0 bridgehead atoms. The Morgan fingerprint density at radius 2 is 2.05 bits per heavy atom. The molecular formula is C15H22N2O2S. The van der Waals surface area contributed by atoms with E-state index in [4.69, 9.17) is 0 Å². The fourth-order valence-corrected chi connectivity index (χ4v) is 4.54. The smallest absolute Gasteiger partial charge is 0.242 e. The molecule has 1 heterocycles. The van der Waals surface area contributed by atoms with Gasteiger partial charge in [0.05, 0.1) is 4.90 Å². The predicted molar refractivity (Wildman–Crippen MR) is 80.4 cm³/mol. The zero-order valence-corrected chi connectivity index (χ0v) is 12.7. The van der Waals surface area contributed by atoms with Gasteiger partial charge >= 0.3 is 0 Å². The second-order valence-electron chi connectivity index (χ2n) is 5.93. The normalized spacial score (nSPS) is 19.3. The number of rotatable bonds is 4. The van der Waals surface area contributed by atoms with E-state index in [1.54, 1.807) is 19.2 Å². The van der Waals surface area contributed by atoms with Gasteiger partial charge in [0.2, 0.25) is 10.0 Å². The number of sulfonamides is 1. The zero-order chi connectivity index (χ0) is 14.2. The molecule has 0 radical (unpaired) electrons. The highest BCUT2D eigenvalue weighted by Gasteiger charge is 2.26. The van der Waals surface area contributed by atoms with Gasteiger partial charge in [0.15, 0.2) is 0 Å². The Morgan fingerprint density at radius 3 is 2.80 bits per heavy atom. The van der Waals surface area contributed by atoms with E-state index in [9.17, 15) is 8.42 Å². The second kappa shape index (κ2) is 5.37. The molecule has 1 saturated carbocycles. The van der Waals surface area contributed by atoms with Crippen LogP contribution in [0.15, 0.2) is 23.1 Å². The average molecular weight is 294 g/mol. The Labute approximate surface area is 121 Å². The largest absolute Gasteiger partial charge is 0.384 e. The second-order valence-corrected chi connectivity index (χ2v) is 7.98. The first-order valence-electron chi connectivity index (χ1n) is 7.40. The minimum atomic E-state index is -3.35. The van der Waals surface area contributed by atoms with Crippen LogP contribution >= 0.6 is 0 Å². The van der Waals surface area contributed by atoms with E-state index in [0.29, 0.717) is 17.4 Å². The number of nitrogens with zero attached hydrogens (tertiary/aromatic N) is 1. The number of hydrogen-bond donors (Lipinski definition) is 1. The molecule has 1 aliphatic heterocycles. The lowest BCUT2D eigenvalue weighted by Crippen LogP contribution is -2.31. The maximum Gasteiger partial charge on any atom is 0.242 e. The first kappa shape index (κ1) is 13.9. The molecule has 0 amide bonds. The van der Waals surface area contributed by atoms with Gasteiger partial charge in [-0.05, 0) is 42.9 Å². The van der Waals surface area contributed by atoms with Crippen molar-refractivity contribution in [3.63, 3.8) is 0 Å². The fraction of sp³-hybridized carbons (Fsp3) is 0.600. The van der Waals surface area contributed by atoms with Crippen LogP contribution in [0.4, 0.5) is 5.69 Å². The van der Waals surface area contributed by atoms with Crippen LogP contribution in [0.2, 0.25) is 0 Å². The molecule has 4 nitrogen and oxygen atoms in total. The van der Waals surface area contributed by atoms with Crippen molar-refractivity contribution in [1.29, 1.82) is 0 Å².